The van der Waals surface area contributed by atoms with Crippen LogP contribution in [0, 0.1) is 11.8 Å². The maximum atomic E-state index is 11.1. The van der Waals surface area contributed by atoms with Gasteiger partial charge < -0.3 is 15.3 Å². The minimum Gasteiger partial charge on any atom is -0.392 e. The van der Waals surface area contributed by atoms with Crippen molar-refractivity contribution in [3.63, 3.8) is 0 Å². The Morgan fingerprint density at radius 2 is 1.42 bits per heavy atom. The standard InChI is InChI=1S/C8H12O4/c9-5-3-1-2-4(5)7(11)8(12)6(3)10/h3-7,9-11H,1-2H2. The van der Waals surface area contributed by atoms with Crippen molar-refractivity contribution >= 4 is 5.78 Å². The Morgan fingerprint density at radius 1 is 1.00 bits per heavy atom. The number of fused-ring (bicyclic) bond motifs is 2. The van der Waals surface area contributed by atoms with E-state index >= 15 is 0 Å². The van der Waals surface area contributed by atoms with E-state index in [1.54, 1.807) is 0 Å². The molecule has 4 heteroatoms. The zero-order valence-electron chi connectivity index (χ0n) is 6.55. The van der Waals surface area contributed by atoms with E-state index in [-0.39, 0.29) is 11.8 Å². The summed E-state index contributed by atoms with van der Waals surface area (Å²) >= 11 is 0. The van der Waals surface area contributed by atoms with E-state index in [1.165, 1.54) is 0 Å². The van der Waals surface area contributed by atoms with Gasteiger partial charge in [-0.3, -0.25) is 4.79 Å². The Balaban J connectivity index is 2.29. The number of aliphatic hydroxyl groups excluding tert-OH is 3. The minimum atomic E-state index is -1.16. The highest BCUT2D eigenvalue weighted by Gasteiger charge is 2.52. The minimum absolute atomic E-state index is 0.342. The third-order valence-electron chi connectivity index (χ3n) is 3.10. The molecule has 2 fully saturated rings. The van der Waals surface area contributed by atoms with Gasteiger partial charge >= 0.3 is 0 Å². The highest BCUT2D eigenvalue weighted by molar-refractivity contribution is 5.89. The zero-order chi connectivity index (χ0) is 8.88. The summed E-state index contributed by atoms with van der Waals surface area (Å²) in [4.78, 5) is 11.1. The SMILES string of the molecule is O=C1C(O)C2CCC(C1O)C2O. The second-order valence-electron chi connectivity index (χ2n) is 3.69. The molecule has 4 unspecified atom stereocenters. The molecule has 68 valence electrons. The van der Waals surface area contributed by atoms with Crippen LogP contribution in [0.25, 0.3) is 0 Å². The van der Waals surface area contributed by atoms with Gasteiger partial charge in [-0.15, -0.1) is 0 Å². The lowest BCUT2D eigenvalue weighted by Gasteiger charge is -2.32. The summed E-state index contributed by atoms with van der Waals surface area (Å²) < 4.78 is 0. The summed E-state index contributed by atoms with van der Waals surface area (Å²) in [6, 6.07) is 0. The average Bonchev–Trinajstić information content (AvgIpc) is 2.38. The van der Waals surface area contributed by atoms with Crippen LogP contribution >= 0.6 is 0 Å². The van der Waals surface area contributed by atoms with Crippen LogP contribution in [-0.2, 0) is 4.79 Å². The largest absolute Gasteiger partial charge is 0.392 e. The van der Waals surface area contributed by atoms with Gasteiger partial charge in [0.15, 0.2) is 5.78 Å². The number of Topliss-reactive ketones (excluding diaryl/α,β-unsaturated/α-hetero) is 1. The monoisotopic (exact) mass is 172 g/mol. The number of rotatable bonds is 0. The Hall–Kier alpha value is -0.450. The molecule has 0 aliphatic heterocycles. The first-order valence-electron chi connectivity index (χ1n) is 4.21. The van der Waals surface area contributed by atoms with Crippen molar-refractivity contribution in [1.29, 1.82) is 0 Å². The van der Waals surface area contributed by atoms with Crippen LogP contribution in [0.5, 0.6) is 0 Å². The van der Waals surface area contributed by atoms with Gasteiger partial charge in [0.2, 0.25) is 0 Å². The smallest absolute Gasteiger partial charge is 0.190 e. The molecule has 4 atom stereocenters. The predicted octanol–water partition coefficient (Wildman–Crippen LogP) is -1.32. The molecular weight excluding hydrogens is 160 g/mol. The van der Waals surface area contributed by atoms with Gasteiger partial charge in [-0.2, -0.15) is 0 Å². The van der Waals surface area contributed by atoms with Crippen molar-refractivity contribution in [1.82, 2.24) is 0 Å². The van der Waals surface area contributed by atoms with Crippen molar-refractivity contribution in [3.8, 4) is 0 Å². The van der Waals surface area contributed by atoms with Gasteiger partial charge in [0, 0.05) is 11.8 Å². The molecule has 3 N–H and O–H groups in total. The molecule has 0 spiro atoms. The number of hydrogen-bond acceptors (Lipinski definition) is 4. The molecule has 2 saturated carbocycles. The van der Waals surface area contributed by atoms with Gasteiger partial charge in [-0.05, 0) is 12.8 Å². The second kappa shape index (κ2) is 2.52. The zero-order valence-corrected chi connectivity index (χ0v) is 6.55. The van der Waals surface area contributed by atoms with E-state index in [1.807, 2.05) is 0 Å². The summed E-state index contributed by atoms with van der Waals surface area (Å²) in [7, 11) is 0. The Bertz CT molecular complexity index is 195. The summed E-state index contributed by atoms with van der Waals surface area (Å²) in [6.07, 6.45) is -1.75. The molecule has 0 aromatic rings. The molecule has 12 heavy (non-hydrogen) atoms. The lowest BCUT2D eigenvalue weighted by molar-refractivity contribution is -0.153. The first-order chi connectivity index (χ1) is 5.63. The number of hydrogen-bond donors (Lipinski definition) is 3. The topological polar surface area (TPSA) is 77.8 Å². The normalized spacial score (nSPS) is 52.9. The number of aliphatic hydroxyl groups is 3. The fraction of sp³-hybridized carbons (Fsp3) is 0.875. The van der Waals surface area contributed by atoms with Crippen LogP contribution in [0.1, 0.15) is 12.8 Å². The van der Waals surface area contributed by atoms with Crippen molar-refractivity contribution in [2.24, 2.45) is 11.8 Å². The van der Waals surface area contributed by atoms with Crippen LogP contribution in [-0.4, -0.2) is 39.4 Å². The molecule has 2 aliphatic rings. The van der Waals surface area contributed by atoms with Crippen LogP contribution in [0.4, 0.5) is 0 Å². The van der Waals surface area contributed by atoms with Crippen molar-refractivity contribution < 1.29 is 20.1 Å². The van der Waals surface area contributed by atoms with Crippen molar-refractivity contribution in [2.75, 3.05) is 0 Å². The molecule has 0 radical (unpaired) electrons. The maximum Gasteiger partial charge on any atom is 0.190 e. The van der Waals surface area contributed by atoms with Crippen molar-refractivity contribution in [2.45, 2.75) is 31.2 Å². The molecule has 2 bridgehead atoms. The summed E-state index contributed by atoms with van der Waals surface area (Å²) in [5.74, 6) is -1.20. The van der Waals surface area contributed by atoms with Gasteiger partial charge in [0.25, 0.3) is 0 Å². The molecule has 0 aromatic carbocycles. The summed E-state index contributed by atoms with van der Waals surface area (Å²) in [6.45, 7) is 0. The molecular formula is C8H12O4. The van der Waals surface area contributed by atoms with Gasteiger partial charge in [-0.25, -0.2) is 0 Å². The van der Waals surface area contributed by atoms with E-state index in [9.17, 15) is 20.1 Å². The molecule has 4 nitrogen and oxygen atoms in total. The fourth-order valence-electron chi connectivity index (χ4n) is 2.33. The first kappa shape index (κ1) is 8.16. The predicted molar refractivity (Wildman–Crippen MR) is 39.2 cm³/mol. The lowest BCUT2D eigenvalue weighted by Crippen LogP contribution is -2.51. The third-order valence-corrected chi connectivity index (χ3v) is 3.10. The van der Waals surface area contributed by atoms with Gasteiger partial charge in [-0.1, -0.05) is 0 Å². The van der Waals surface area contributed by atoms with Crippen LogP contribution in [0.3, 0.4) is 0 Å². The van der Waals surface area contributed by atoms with Crippen LogP contribution in [0.15, 0.2) is 0 Å². The van der Waals surface area contributed by atoms with E-state index in [0.717, 1.165) is 0 Å². The first-order valence-corrected chi connectivity index (χ1v) is 4.21. The number of ketones is 1. The highest BCUT2D eigenvalue weighted by Crippen LogP contribution is 2.40. The Morgan fingerprint density at radius 3 is 1.83 bits per heavy atom. The average molecular weight is 172 g/mol. The summed E-state index contributed by atoms with van der Waals surface area (Å²) in [5, 5.41) is 28.2. The van der Waals surface area contributed by atoms with Crippen molar-refractivity contribution in [3.05, 3.63) is 0 Å². The van der Waals surface area contributed by atoms with E-state index in [0.29, 0.717) is 12.8 Å². The second-order valence-corrected chi connectivity index (χ2v) is 3.69. The quantitative estimate of drug-likeness (QED) is 0.423. The van der Waals surface area contributed by atoms with Gasteiger partial charge in [0.1, 0.15) is 12.2 Å². The molecule has 0 amide bonds. The number of carbonyl (C=O) groups is 1. The Labute approximate surface area is 69.8 Å². The maximum absolute atomic E-state index is 11.1. The van der Waals surface area contributed by atoms with E-state index < -0.39 is 24.1 Å². The van der Waals surface area contributed by atoms with Gasteiger partial charge in [0.05, 0.1) is 6.10 Å². The molecule has 2 rings (SSSR count). The molecule has 0 heterocycles. The fourth-order valence-corrected chi connectivity index (χ4v) is 2.33. The van der Waals surface area contributed by atoms with E-state index in [2.05, 4.69) is 0 Å². The lowest BCUT2D eigenvalue weighted by atomic mass is 9.81. The third kappa shape index (κ3) is 0.856. The summed E-state index contributed by atoms with van der Waals surface area (Å²) in [5.41, 5.74) is 0. The highest BCUT2D eigenvalue weighted by atomic mass is 16.3. The number of carbonyl (C=O) groups excluding carboxylic acids is 1. The molecule has 0 aromatic heterocycles. The van der Waals surface area contributed by atoms with Crippen LogP contribution in [0.2, 0.25) is 0 Å². The molecule has 0 saturated heterocycles. The van der Waals surface area contributed by atoms with E-state index in [4.69, 9.17) is 0 Å². The van der Waals surface area contributed by atoms with Crippen LogP contribution < -0.4 is 0 Å². The molecule has 2 aliphatic carbocycles. The Kier molecular flexibility index (Phi) is 1.71.